The molecule has 1 saturated heterocycles. The monoisotopic (exact) mass is 496 g/mol. The second kappa shape index (κ2) is 10.9. The number of nitrogens with one attached hydrogen (secondary N) is 1. The van der Waals surface area contributed by atoms with Gasteiger partial charge in [-0.1, -0.05) is 23.7 Å². The molecule has 1 aromatic heterocycles. The van der Waals surface area contributed by atoms with Crippen molar-refractivity contribution in [3.63, 3.8) is 0 Å². The Morgan fingerprint density at radius 1 is 1.06 bits per heavy atom. The van der Waals surface area contributed by atoms with E-state index in [1.165, 1.54) is 0 Å². The molecule has 0 aliphatic carbocycles. The van der Waals surface area contributed by atoms with Crippen LogP contribution in [0.3, 0.4) is 0 Å². The number of carboxylic acid groups (broad SMARTS) is 1. The van der Waals surface area contributed by atoms with Gasteiger partial charge in [0.15, 0.2) is 0 Å². The van der Waals surface area contributed by atoms with Crippen LogP contribution in [0.5, 0.6) is 0 Å². The van der Waals surface area contributed by atoms with E-state index in [-0.39, 0.29) is 17.5 Å². The van der Waals surface area contributed by atoms with Gasteiger partial charge in [0.25, 0.3) is 5.91 Å². The predicted octanol–water partition coefficient (Wildman–Crippen LogP) is 4.92. The van der Waals surface area contributed by atoms with Crippen LogP contribution in [-0.2, 0) is 17.6 Å². The highest BCUT2D eigenvalue weighted by Gasteiger charge is 2.23. The number of nitrogens with zero attached hydrogens (tertiary/aromatic N) is 3. The number of benzene rings is 2. The highest BCUT2D eigenvalue weighted by atomic mass is 35.5. The lowest BCUT2D eigenvalue weighted by molar-refractivity contribution is -0.136. The Kier molecular flexibility index (Phi) is 7.70. The number of aromatic nitrogens is 2. The fourth-order valence-corrected chi connectivity index (χ4v) is 4.55. The van der Waals surface area contributed by atoms with E-state index in [4.69, 9.17) is 11.6 Å². The molecule has 7 nitrogen and oxygen atoms in total. The van der Waals surface area contributed by atoms with Gasteiger partial charge in [-0.3, -0.25) is 9.59 Å². The number of rotatable bonds is 8. The van der Waals surface area contributed by atoms with E-state index in [1.807, 2.05) is 54.8 Å². The Balaban J connectivity index is 1.48. The maximum Gasteiger partial charge on any atom is 0.308 e. The van der Waals surface area contributed by atoms with Crippen molar-refractivity contribution in [2.24, 2.45) is 0 Å². The van der Waals surface area contributed by atoms with Crippen molar-refractivity contribution < 1.29 is 14.7 Å². The zero-order valence-electron chi connectivity index (χ0n) is 18.8. The Morgan fingerprint density at radius 2 is 1.74 bits per heavy atom. The summed E-state index contributed by atoms with van der Waals surface area (Å²) in [7, 11) is 0. The maximum absolute atomic E-state index is 12.5. The summed E-state index contributed by atoms with van der Waals surface area (Å²) >= 11 is 8.02. The van der Waals surface area contributed by atoms with Crippen LogP contribution in [0.15, 0.2) is 53.4 Å². The number of amides is 1. The molecule has 34 heavy (non-hydrogen) atoms. The van der Waals surface area contributed by atoms with Crippen molar-refractivity contribution in [2.45, 2.75) is 30.6 Å². The summed E-state index contributed by atoms with van der Waals surface area (Å²) in [5, 5.41) is 12.4. The van der Waals surface area contributed by atoms with Crippen LogP contribution < -0.4 is 10.2 Å². The number of halogens is 1. The topological polar surface area (TPSA) is 95.4 Å². The zero-order chi connectivity index (χ0) is 24.1. The van der Waals surface area contributed by atoms with Crippen LogP contribution in [0.1, 0.15) is 40.2 Å². The van der Waals surface area contributed by atoms with Gasteiger partial charge in [0.2, 0.25) is 0 Å². The smallest absolute Gasteiger partial charge is 0.308 e. The molecule has 2 heterocycles. The number of thioether (sulfide) groups is 1. The molecule has 4 rings (SSSR count). The van der Waals surface area contributed by atoms with Gasteiger partial charge in [0.05, 0.1) is 6.42 Å². The predicted molar refractivity (Wildman–Crippen MR) is 135 cm³/mol. The van der Waals surface area contributed by atoms with Crippen molar-refractivity contribution in [1.82, 2.24) is 9.97 Å². The summed E-state index contributed by atoms with van der Waals surface area (Å²) in [5.74, 6) is 0.0225. The van der Waals surface area contributed by atoms with E-state index in [1.54, 1.807) is 11.8 Å². The van der Waals surface area contributed by atoms with Crippen LogP contribution in [0.4, 0.5) is 11.5 Å². The molecule has 9 heteroatoms. The highest BCUT2D eigenvalue weighted by molar-refractivity contribution is 7.98. The Labute approximate surface area is 207 Å². The van der Waals surface area contributed by atoms with Crippen LogP contribution >= 0.6 is 23.4 Å². The molecule has 0 bridgehead atoms. The molecule has 1 fully saturated rings. The van der Waals surface area contributed by atoms with Gasteiger partial charge in [0, 0.05) is 41.2 Å². The third-order valence-corrected chi connectivity index (χ3v) is 6.70. The number of carbonyl (C=O) groups is 2. The zero-order valence-corrected chi connectivity index (χ0v) is 20.3. The third-order valence-electron chi connectivity index (χ3n) is 5.64. The molecule has 1 amide bonds. The first kappa shape index (κ1) is 24.0. The summed E-state index contributed by atoms with van der Waals surface area (Å²) in [6.45, 7) is 1.65. The van der Waals surface area contributed by atoms with Crippen molar-refractivity contribution in [2.75, 3.05) is 29.6 Å². The fraction of sp³-hybridized carbons (Fsp3) is 0.280. The quantitative estimate of drug-likeness (QED) is 0.337. The number of hydrogen-bond acceptors (Lipinski definition) is 6. The second-order valence-corrected chi connectivity index (χ2v) is 9.29. The standard InChI is InChI=1S/C25H25ClN4O3S/c1-34-19-10-6-17(7-11-19)25(33)27-18-8-4-16(5-9-18)14-21-28-23(26)20(15-22(31)32)24(29-21)30-12-2-3-13-30/h4-11H,2-3,12-15H2,1H3,(H,27,33)(H,31,32). The summed E-state index contributed by atoms with van der Waals surface area (Å²) < 4.78 is 0. The molecule has 1 aliphatic rings. The molecule has 1 aliphatic heterocycles. The first-order valence-corrected chi connectivity index (χ1v) is 12.6. The molecular formula is C25H25ClN4O3S. The lowest BCUT2D eigenvalue weighted by Crippen LogP contribution is -2.23. The molecule has 0 atom stereocenters. The van der Waals surface area contributed by atoms with Gasteiger partial charge in [-0.05, 0) is 61.1 Å². The number of carboxylic acids is 1. The average Bonchev–Trinajstić information content (AvgIpc) is 3.36. The number of aliphatic carboxylic acids is 1. The number of carbonyl (C=O) groups excluding carboxylic acids is 1. The Morgan fingerprint density at radius 3 is 2.35 bits per heavy atom. The summed E-state index contributed by atoms with van der Waals surface area (Å²) in [6, 6.07) is 15.0. The van der Waals surface area contributed by atoms with Gasteiger partial charge in [-0.2, -0.15) is 0 Å². The average molecular weight is 497 g/mol. The van der Waals surface area contributed by atoms with Gasteiger partial charge in [0.1, 0.15) is 16.8 Å². The second-order valence-electron chi connectivity index (χ2n) is 8.05. The highest BCUT2D eigenvalue weighted by Crippen LogP contribution is 2.28. The minimum atomic E-state index is -0.962. The van der Waals surface area contributed by atoms with Crippen LogP contribution in [0, 0.1) is 0 Å². The summed E-state index contributed by atoms with van der Waals surface area (Å²) in [5.41, 5.74) is 2.71. The van der Waals surface area contributed by atoms with Gasteiger partial charge in [-0.25, -0.2) is 9.97 Å². The lowest BCUT2D eigenvalue weighted by atomic mass is 10.1. The molecule has 176 valence electrons. The molecule has 0 unspecified atom stereocenters. The lowest BCUT2D eigenvalue weighted by Gasteiger charge is -2.21. The van der Waals surface area contributed by atoms with Crippen molar-refractivity contribution >= 4 is 46.7 Å². The van der Waals surface area contributed by atoms with Gasteiger partial charge in [-0.15, -0.1) is 11.8 Å². The van der Waals surface area contributed by atoms with Crippen LogP contribution in [0.25, 0.3) is 0 Å². The van der Waals surface area contributed by atoms with E-state index in [9.17, 15) is 14.7 Å². The van der Waals surface area contributed by atoms with Crippen LogP contribution in [-0.4, -0.2) is 46.3 Å². The minimum Gasteiger partial charge on any atom is -0.481 e. The molecule has 0 spiro atoms. The SMILES string of the molecule is CSc1ccc(C(=O)Nc2ccc(Cc3nc(Cl)c(CC(=O)O)c(N4CCCC4)n3)cc2)cc1. The molecule has 3 aromatic rings. The van der Waals surface area contributed by atoms with E-state index in [0.29, 0.717) is 34.9 Å². The van der Waals surface area contributed by atoms with Crippen LogP contribution in [0.2, 0.25) is 5.15 Å². The normalized spacial score (nSPS) is 13.2. The van der Waals surface area contributed by atoms with Gasteiger partial charge < -0.3 is 15.3 Å². The number of hydrogen-bond donors (Lipinski definition) is 2. The molecule has 2 N–H and O–H groups in total. The third kappa shape index (κ3) is 5.87. The van der Waals surface area contributed by atoms with E-state index in [0.717, 1.165) is 36.4 Å². The molecular weight excluding hydrogens is 472 g/mol. The first-order chi connectivity index (χ1) is 16.4. The summed E-state index contributed by atoms with van der Waals surface area (Å²) in [6.07, 6.45) is 4.31. The summed E-state index contributed by atoms with van der Waals surface area (Å²) in [4.78, 5) is 36.1. The van der Waals surface area contributed by atoms with Gasteiger partial charge >= 0.3 is 5.97 Å². The first-order valence-electron chi connectivity index (χ1n) is 11.0. The van der Waals surface area contributed by atoms with Crippen molar-refractivity contribution in [3.8, 4) is 0 Å². The van der Waals surface area contributed by atoms with E-state index >= 15 is 0 Å². The largest absolute Gasteiger partial charge is 0.481 e. The maximum atomic E-state index is 12.5. The molecule has 0 saturated carbocycles. The van der Waals surface area contributed by atoms with Crippen molar-refractivity contribution in [3.05, 3.63) is 76.2 Å². The van der Waals surface area contributed by atoms with E-state index in [2.05, 4.69) is 20.2 Å². The van der Waals surface area contributed by atoms with Crippen molar-refractivity contribution in [1.29, 1.82) is 0 Å². The Hall–Kier alpha value is -3.10. The van der Waals surface area contributed by atoms with E-state index < -0.39 is 5.97 Å². The Bertz CT molecular complexity index is 1180. The molecule has 0 radical (unpaired) electrons. The molecule has 2 aromatic carbocycles. The fourth-order valence-electron chi connectivity index (χ4n) is 3.89. The number of anilines is 2. The minimum absolute atomic E-state index is 0.167.